The molecule has 4 heteroatoms. The molecule has 3 nitrogen and oxygen atoms in total. The van der Waals surface area contributed by atoms with Crippen LogP contribution in [0, 0.1) is 0 Å². The van der Waals surface area contributed by atoms with Gasteiger partial charge in [-0.25, -0.2) is 4.79 Å². The minimum absolute atomic E-state index is 0.0442. The Morgan fingerprint density at radius 2 is 2.21 bits per heavy atom. The van der Waals surface area contributed by atoms with E-state index in [1.54, 1.807) is 24.3 Å². The molecule has 0 atom stereocenters. The van der Waals surface area contributed by atoms with Gasteiger partial charge in [0.25, 0.3) is 0 Å². The van der Waals surface area contributed by atoms with Gasteiger partial charge >= 0.3 is 5.97 Å². The Kier molecular flexibility index (Phi) is 2.17. The summed E-state index contributed by atoms with van der Waals surface area (Å²) >= 11 is 5.76. The van der Waals surface area contributed by atoms with Gasteiger partial charge in [0.2, 0.25) is 0 Å². The highest BCUT2D eigenvalue weighted by molar-refractivity contribution is 6.31. The molecule has 0 saturated carbocycles. The normalized spacial score (nSPS) is 15.9. The van der Waals surface area contributed by atoms with E-state index < -0.39 is 5.97 Å². The molecule has 0 amide bonds. The van der Waals surface area contributed by atoms with E-state index in [-0.39, 0.29) is 17.9 Å². The van der Waals surface area contributed by atoms with Crippen LogP contribution in [0.4, 0.5) is 0 Å². The number of aliphatic hydroxyl groups is 1. The average molecular weight is 211 g/mol. The Bertz CT molecular complexity index is 423. The van der Waals surface area contributed by atoms with Crippen LogP contribution in [-0.2, 0) is 9.53 Å². The summed E-state index contributed by atoms with van der Waals surface area (Å²) in [5, 5.41) is 9.91. The fraction of sp³-hybridized carbons (Fsp3) is 0.100. The average Bonchev–Trinajstić information content (AvgIpc) is 2.46. The van der Waals surface area contributed by atoms with Crippen LogP contribution in [0.15, 0.2) is 30.0 Å². The summed E-state index contributed by atoms with van der Waals surface area (Å²) in [5.41, 5.74) is 0.782. The van der Waals surface area contributed by atoms with Crippen LogP contribution in [0.3, 0.4) is 0 Å². The van der Waals surface area contributed by atoms with Gasteiger partial charge in [-0.2, -0.15) is 0 Å². The first kappa shape index (κ1) is 9.09. The highest BCUT2D eigenvalue weighted by atomic mass is 35.5. The minimum atomic E-state index is -0.509. The molecule has 0 unspecified atom stereocenters. The number of aliphatic hydroxyl groups excluding tert-OH is 1. The molecule has 0 radical (unpaired) electrons. The SMILES string of the molecule is O=C1OCC(O)=C1c1cccc(Cl)c1. The number of hydrogen-bond donors (Lipinski definition) is 1. The molecule has 0 saturated heterocycles. The number of carbonyl (C=O) groups excluding carboxylic acids is 1. The predicted octanol–water partition coefficient (Wildman–Crippen LogP) is 2.17. The van der Waals surface area contributed by atoms with Crippen LogP contribution in [0.2, 0.25) is 5.02 Å². The number of halogens is 1. The molecule has 1 heterocycles. The van der Waals surface area contributed by atoms with Crippen LogP contribution in [-0.4, -0.2) is 17.7 Å². The molecule has 1 aromatic rings. The summed E-state index contributed by atoms with van der Waals surface area (Å²) in [4.78, 5) is 11.2. The van der Waals surface area contributed by atoms with Crippen molar-refractivity contribution in [3.05, 3.63) is 40.6 Å². The molecular weight excluding hydrogens is 204 g/mol. The van der Waals surface area contributed by atoms with Crippen LogP contribution >= 0.6 is 11.6 Å². The van der Waals surface area contributed by atoms with Crippen LogP contribution in [0.5, 0.6) is 0 Å². The van der Waals surface area contributed by atoms with E-state index in [1.165, 1.54) is 0 Å². The highest BCUT2D eigenvalue weighted by Gasteiger charge is 2.25. The second kappa shape index (κ2) is 3.35. The second-order valence-corrected chi connectivity index (χ2v) is 3.34. The van der Waals surface area contributed by atoms with Gasteiger partial charge in [-0.15, -0.1) is 0 Å². The Balaban J connectivity index is 2.49. The first-order valence-corrected chi connectivity index (χ1v) is 4.41. The zero-order chi connectivity index (χ0) is 10.1. The first-order chi connectivity index (χ1) is 6.68. The lowest BCUT2D eigenvalue weighted by Crippen LogP contribution is -1.98. The van der Waals surface area contributed by atoms with Crippen LogP contribution in [0.25, 0.3) is 5.57 Å². The zero-order valence-electron chi connectivity index (χ0n) is 7.16. The topological polar surface area (TPSA) is 46.5 Å². The largest absolute Gasteiger partial charge is 0.508 e. The molecule has 14 heavy (non-hydrogen) atoms. The number of ether oxygens (including phenoxy) is 1. The Morgan fingerprint density at radius 3 is 2.79 bits per heavy atom. The lowest BCUT2D eigenvalue weighted by Gasteiger charge is -1.99. The van der Waals surface area contributed by atoms with Crippen molar-refractivity contribution in [2.75, 3.05) is 6.61 Å². The van der Waals surface area contributed by atoms with E-state index in [0.29, 0.717) is 10.6 Å². The van der Waals surface area contributed by atoms with E-state index in [1.807, 2.05) is 0 Å². The summed E-state index contributed by atoms with van der Waals surface area (Å²) in [6.45, 7) is -0.0549. The molecule has 0 fully saturated rings. The van der Waals surface area contributed by atoms with Gasteiger partial charge < -0.3 is 9.84 Å². The summed E-state index contributed by atoms with van der Waals surface area (Å²) in [7, 11) is 0. The lowest BCUT2D eigenvalue weighted by atomic mass is 10.1. The molecule has 0 spiro atoms. The van der Waals surface area contributed by atoms with Gasteiger partial charge in [0.1, 0.15) is 17.9 Å². The van der Waals surface area contributed by atoms with Crippen molar-refractivity contribution in [3.63, 3.8) is 0 Å². The fourth-order valence-electron chi connectivity index (χ4n) is 1.32. The quantitative estimate of drug-likeness (QED) is 0.723. The maximum absolute atomic E-state index is 11.2. The molecule has 1 aliphatic heterocycles. The molecule has 1 aromatic carbocycles. The molecule has 1 N–H and O–H groups in total. The number of rotatable bonds is 1. The van der Waals surface area contributed by atoms with Gasteiger partial charge in [-0.3, -0.25) is 0 Å². The van der Waals surface area contributed by atoms with Crippen molar-refractivity contribution in [2.45, 2.75) is 0 Å². The highest BCUT2D eigenvalue weighted by Crippen LogP contribution is 2.26. The van der Waals surface area contributed by atoms with Crippen molar-refractivity contribution in [2.24, 2.45) is 0 Å². The predicted molar refractivity (Wildman–Crippen MR) is 52.0 cm³/mol. The molecule has 0 bridgehead atoms. The standard InChI is InChI=1S/C10H7ClO3/c11-7-3-1-2-6(4-7)9-8(12)5-14-10(9)13/h1-4,12H,5H2. The Hall–Kier alpha value is -1.48. The minimum Gasteiger partial charge on any atom is -0.508 e. The maximum Gasteiger partial charge on any atom is 0.342 e. The first-order valence-electron chi connectivity index (χ1n) is 4.03. The molecule has 2 rings (SSSR count). The van der Waals surface area contributed by atoms with Crippen molar-refractivity contribution >= 4 is 23.1 Å². The van der Waals surface area contributed by atoms with Gasteiger partial charge in [-0.1, -0.05) is 23.7 Å². The third kappa shape index (κ3) is 1.46. The number of hydrogen-bond acceptors (Lipinski definition) is 3. The van der Waals surface area contributed by atoms with E-state index in [9.17, 15) is 9.90 Å². The maximum atomic E-state index is 11.2. The third-order valence-corrected chi connectivity index (χ3v) is 2.18. The van der Waals surface area contributed by atoms with Crippen molar-refractivity contribution in [1.29, 1.82) is 0 Å². The Morgan fingerprint density at radius 1 is 1.43 bits per heavy atom. The van der Waals surface area contributed by atoms with E-state index in [0.717, 1.165) is 0 Å². The van der Waals surface area contributed by atoms with Gasteiger partial charge in [0, 0.05) is 5.02 Å². The summed E-state index contributed by atoms with van der Waals surface area (Å²) in [6.07, 6.45) is 0. The number of esters is 1. The number of carbonyl (C=O) groups is 1. The molecule has 0 aromatic heterocycles. The van der Waals surface area contributed by atoms with Crippen LogP contribution in [0.1, 0.15) is 5.56 Å². The van der Waals surface area contributed by atoms with Crippen molar-refractivity contribution < 1.29 is 14.6 Å². The van der Waals surface area contributed by atoms with E-state index in [4.69, 9.17) is 11.6 Å². The number of cyclic esters (lactones) is 1. The fourth-order valence-corrected chi connectivity index (χ4v) is 1.51. The second-order valence-electron chi connectivity index (χ2n) is 2.91. The third-order valence-electron chi connectivity index (χ3n) is 1.95. The van der Waals surface area contributed by atoms with Gasteiger partial charge in [0.15, 0.2) is 0 Å². The summed E-state index contributed by atoms with van der Waals surface area (Å²) in [5.74, 6) is -0.554. The lowest BCUT2D eigenvalue weighted by molar-refractivity contribution is -0.134. The summed E-state index contributed by atoms with van der Waals surface area (Å²) in [6, 6.07) is 6.72. The van der Waals surface area contributed by atoms with Gasteiger partial charge in [0.05, 0.1) is 0 Å². The zero-order valence-corrected chi connectivity index (χ0v) is 7.91. The molecule has 1 aliphatic rings. The molecule has 0 aliphatic carbocycles. The van der Waals surface area contributed by atoms with E-state index >= 15 is 0 Å². The smallest absolute Gasteiger partial charge is 0.342 e. The van der Waals surface area contributed by atoms with Crippen LogP contribution < -0.4 is 0 Å². The number of benzene rings is 1. The van der Waals surface area contributed by atoms with Crippen molar-refractivity contribution in [1.82, 2.24) is 0 Å². The van der Waals surface area contributed by atoms with Crippen molar-refractivity contribution in [3.8, 4) is 0 Å². The molecular formula is C10H7ClO3. The van der Waals surface area contributed by atoms with Gasteiger partial charge in [-0.05, 0) is 17.7 Å². The van der Waals surface area contributed by atoms with E-state index in [2.05, 4.69) is 4.74 Å². The Labute approximate surface area is 85.6 Å². The molecule has 72 valence electrons. The monoisotopic (exact) mass is 210 g/mol. The summed E-state index contributed by atoms with van der Waals surface area (Å²) < 4.78 is 4.67.